The zero-order valence-corrected chi connectivity index (χ0v) is 9.41. The lowest BCUT2D eigenvalue weighted by atomic mass is 9.94. The fraction of sp³-hybridized carbons (Fsp3) is 0.600. The van der Waals surface area contributed by atoms with Crippen LogP contribution in [0.1, 0.15) is 24.3 Å². The number of thiazole rings is 1. The average Bonchev–Trinajstić information content (AvgIpc) is 2.61. The van der Waals surface area contributed by atoms with E-state index in [9.17, 15) is 4.79 Å². The molecule has 0 saturated carbocycles. The first-order valence-corrected chi connectivity index (χ1v) is 5.89. The van der Waals surface area contributed by atoms with E-state index in [4.69, 9.17) is 5.11 Å². The molecular weight excluding hydrogens is 212 g/mol. The quantitative estimate of drug-likeness (QED) is 0.847. The second-order valence-electron chi connectivity index (χ2n) is 4.00. The monoisotopic (exact) mass is 226 g/mol. The summed E-state index contributed by atoms with van der Waals surface area (Å²) in [4.78, 5) is 18.1. The van der Waals surface area contributed by atoms with Gasteiger partial charge < -0.3 is 5.11 Å². The first kappa shape index (κ1) is 10.6. The van der Waals surface area contributed by atoms with Crippen molar-refractivity contribution in [3.8, 4) is 0 Å². The summed E-state index contributed by atoms with van der Waals surface area (Å²) in [5.41, 5.74) is 1.83. The van der Waals surface area contributed by atoms with E-state index >= 15 is 0 Å². The van der Waals surface area contributed by atoms with Crippen LogP contribution in [-0.2, 0) is 4.79 Å². The number of hydrogen-bond acceptors (Lipinski definition) is 4. The highest BCUT2D eigenvalue weighted by molar-refractivity contribution is 7.09. The molecule has 1 aliphatic heterocycles. The molecule has 0 aliphatic carbocycles. The molecule has 0 radical (unpaired) electrons. The SMILES string of the molecule is CC(c1cncs1)N1CC(CC(=O)O)C1. The third kappa shape index (κ3) is 2.35. The van der Waals surface area contributed by atoms with Gasteiger partial charge in [-0.1, -0.05) is 0 Å². The molecule has 1 atom stereocenters. The molecule has 0 spiro atoms. The number of likely N-dealkylation sites (tertiary alicyclic amines) is 1. The van der Waals surface area contributed by atoms with Crippen LogP contribution < -0.4 is 0 Å². The Bertz CT molecular complexity index is 333. The number of rotatable bonds is 4. The first-order valence-electron chi connectivity index (χ1n) is 5.01. The summed E-state index contributed by atoms with van der Waals surface area (Å²) < 4.78 is 0. The topological polar surface area (TPSA) is 53.4 Å². The van der Waals surface area contributed by atoms with Crippen LogP contribution in [0.4, 0.5) is 0 Å². The van der Waals surface area contributed by atoms with E-state index in [2.05, 4.69) is 16.8 Å². The summed E-state index contributed by atoms with van der Waals surface area (Å²) in [7, 11) is 0. The molecule has 1 aromatic heterocycles. The lowest BCUT2D eigenvalue weighted by Crippen LogP contribution is -2.48. The van der Waals surface area contributed by atoms with Crippen molar-refractivity contribution in [2.24, 2.45) is 5.92 Å². The summed E-state index contributed by atoms with van der Waals surface area (Å²) in [5, 5.41) is 8.63. The summed E-state index contributed by atoms with van der Waals surface area (Å²) in [5.74, 6) is -0.358. The maximum absolute atomic E-state index is 10.5. The Balaban J connectivity index is 1.82. The number of aliphatic carboxylic acids is 1. The number of nitrogens with zero attached hydrogens (tertiary/aromatic N) is 2. The Morgan fingerprint density at radius 1 is 1.80 bits per heavy atom. The van der Waals surface area contributed by atoms with E-state index < -0.39 is 5.97 Å². The lowest BCUT2D eigenvalue weighted by Gasteiger charge is -2.42. The average molecular weight is 226 g/mol. The van der Waals surface area contributed by atoms with Crippen LogP contribution >= 0.6 is 11.3 Å². The van der Waals surface area contributed by atoms with Crippen molar-refractivity contribution in [1.82, 2.24) is 9.88 Å². The van der Waals surface area contributed by atoms with Crippen LogP contribution in [0.25, 0.3) is 0 Å². The van der Waals surface area contributed by atoms with Gasteiger partial charge in [0.25, 0.3) is 0 Å². The molecule has 5 heteroatoms. The summed E-state index contributed by atoms with van der Waals surface area (Å²) in [6, 6.07) is 0.377. The van der Waals surface area contributed by atoms with Gasteiger partial charge in [-0.2, -0.15) is 0 Å². The highest BCUT2D eigenvalue weighted by Crippen LogP contribution is 2.31. The molecule has 1 fully saturated rings. The summed E-state index contributed by atoms with van der Waals surface area (Å²) in [6.45, 7) is 3.93. The second-order valence-corrected chi connectivity index (χ2v) is 4.92. The summed E-state index contributed by atoms with van der Waals surface area (Å²) in [6.07, 6.45) is 2.19. The highest BCUT2D eigenvalue weighted by atomic mass is 32.1. The largest absolute Gasteiger partial charge is 0.481 e. The minimum atomic E-state index is -0.690. The van der Waals surface area contributed by atoms with Gasteiger partial charge in [-0.3, -0.25) is 14.7 Å². The first-order chi connectivity index (χ1) is 7.16. The zero-order valence-electron chi connectivity index (χ0n) is 8.59. The van der Waals surface area contributed by atoms with Gasteiger partial charge in [0, 0.05) is 30.2 Å². The normalized spacial score (nSPS) is 19.8. The Labute approximate surface area is 92.6 Å². The molecule has 2 heterocycles. The third-order valence-electron chi connectivity index (χ3n) is 2.86. The van der Waals surface area contributed by atoms with Crippen molar-refractivity contribution in [3.63, 3.8) is 0 Å². The molecule has 1 N–H and O–H groups in total. The molecular formula is C10H14N2O2S. The van der Waals surface area contributed by atoms with Crippen molar-refractivity contribution >= 4 is 17.3 Å². The van der Waals surface area contributed by atoms with Crippen LogP contribution in [0.15, 0.2) is 11.7 Å². The van der Waals surface area contributed by atoms with Crippen molar-refractivity contribution < 1.29 is 9.90 Å². The fourth-order valence-electron chi connectivity index (χ4n) is 1.91. The Morgan fingerprint density at radius 3 is 3.07 bits per heavy atom. The van der Waals surface area contributed by atoms with Gasteiger partial charge in [0.1, 0.15) is 0 Å². The number of aromatic nitrogens is 1. The minimum absolute atomic E-state index is 0.298. The molecule has 1 aromatic rings. The maximum Gasteiger partial charge on any atom is 0.303 e. The predicted molar refractivity (Wildman–Crippen MR) is 57.8 cm³/mol. The van der Waals surface area contributed by atoms with Crippen molar-refractivity contribution in [2.45, 2.75) is 19.4 Å². The minimum Gasteiger partial charge on any atom is -0.481 e. The predicted octanol–water partition coefficient (Wildman–Crippen LogP) is 1.61. The number of carbonyl (C=O) groups is 1. The van der Waals surface area contributed by atoms with E-state index in [0.717, 1.165) is 13.1 Å². The van der Waals surface area contributed by atoms with Crippen LogP contribution in [0, 0.1) is 5.92 Å². The Kier molecular flexibility index (Phi) is 3.02. The highest BCUT2D eigenvalue weighted by Gasteiger charge is 2.32. The molecule has 1 unspecified atom stereocenters. The van der Waals surface area contributed by atoms with Crippen LogP contribution in [0.3, 0.4) is 0 Å². The molecule has 0 amide bonds. The van der Waals surface area contributed by atoms with Gasteiger partial charge in [-0.05, 0) is 12.8 Å². The Hall–Kier alpha value is -0.940. The number of carboxylic acids is 1. The van der Waals surface area contributed by atoms with E-state index in [1.54, 1.807) is 11.3 Å². The van der Waals surface area contributed by atoms with Gasteiger partial charge in [-0.15, -0.1) is 11.3 Å². The summed E-state index contributed by atoms with van der Waals surface area (Å²) >= 11 is 1.65. The number of carboxylic acid groups (broad SMARTS) is 1. The third-order valence-corrected chi connectivity index (χ3v) is 3.81. The fourth-order valence-corrected chi connectivity index (χ4v) is 2.63. The van der Waals surface area contributed by atoms with Gasteiger partial charge in [-0.25, -0.2) is 0 Å². The number of hydrogen-bond donors (Lipinski definition) is 1. The molecule has 2 rings (SSSR count). The van der Waals surface area contributed by atoms with Gasteiger partial charge in [0.05, 0.1) is 11.9 Å². The molecule has 4 nitrogen and oxygen atoms in total. The molecule has 0 bridgehead atoms. The van der Waals surface area contributed by atoms with Gasteiger partial charge in [0.15, 0.2) is 0 Å². The van der Waals surface area contributed by atoms with E-state index in [1.165, 1.54) is 4.88 Å². The lowest BCUT2D eigenvalue weighted by molar-refractivity contribution is -0.139. The molecule has 1 aliphatic rings. The zero-order chi connectivity index (χ0) is 10.8. The maximum atomic E-state index is 10.5. The van der Waals surface area contributed by atoms with Crippen LogP contribution in [0.5, 0.6) is 0 Å². The van der Waals surface area contributed by atoms with E-state index in [0.29, 0.717) is 18.4 Å². The van der Waals surface area contributed by atoms with E-state index in [1.807, 2.05) is 11.7 Å². The smallest absolute Gasteiger partial charge is 0.303 e. The molecule has 0 aromatic carbocycles. The standard InChI is InChI=1S/C10H14N2O2S/c1-7(9-3-11-6-15-9)12-4-8(5-12)2-10(13)14/h3,6-8H,2,4-5H2,1H3,(H,13,14). The van der Waals surface area contributed by atoms with E-state index in [-0.39, 0.29) is 0 Å². The van der Waals surface area contributed by atoms with Crippen LogP contribution in [0.2, 0.25) is 0 Å². The molecule has 15 heavy (non-hydrogen) atoms. The van der Waals surface area contributed by atoms with Crippen molar-refractivity contribution in [1.29, 1.82) is 0 Å². The molecule has 82 valence electrons. The van der Waals surface area contributed by atoms with Gasteiger partial charge in [0.2, 0.25) is 0 Å². The second kappa shape index (κ2) is 4.28. The van der Waals surface area contributed by atoms with Gasteiger partial charge >= 0.3 is 5.97 Å². The van der Waals surface area contributed by atoms with Crippen molar-refractivity contribution in [3.05, 3.63) is 16.6 Å². The van der Waals surface area contributed by atoms with Crippen molar-refractivity contribution in [2.75, 3.05) is 13.1 Å². The van der Waals surface area contributed by atoms with Crippen LogP contribution in [-0.4, -0.2) is 34.0 Å². The molecule has 1 saturated heterocycles. The Morgan fingerprint density at radius 2 is 2.53 bits per heavy atom.